The van der Waals surface area contributed by atoms with Crippen LogP contribution in [0.4, 0.5) is 9.18 Å². The molecule has 2 amide bonds. The topological polar surface area (TPSA) is 76.5 Å². The molecular formula is C22H29FN4O3. The van der Waals surface area contributed by atoms with Gasteiger partial charge in [-0.3, -0.25) is 4.79 Å². The molecule has 0 spiro atoms. The largest absolute Gasteiger partial charge is 0.444 e. The smallest absolute Gasteiger partial charge is 0.410 e. The molecule has 0 unspecified atom stereocenters. The summed E-state index contributed by atoms with van der Waals surface area (Å²) < 4.78 is 21.5. The number of rotatable bonds is 4. The minimum Gasteiger partial charge on any atom is -0.444 e. The van der Waals surface area contributed by atoms with E-state index in [1.54, 1.807) is 34.0 Å². The van der Waals surface area contributed by atoms with Crippen molar-refractivity contribution in [3.05, 3.63) is 48.3 Å². The number of carbonyl (C=O) groups is 2. The SMILES string of the molecule is C[C@@H]1[C@@H](C(=O)NCc2ccc(-n3ccnc3)c(F)c2)CCCN1C(=O)OC(C)(C)C. The van der Waals surface area contributed by atoms with Crippen LogP contribution in [-0.4, -0.2) is 44.6 Å². The third-order valence-electron chi connectivity index (χ3n) is 5.21. The first-order valence-electron chi connectivity index (χ1n) is 10.2. The highest BCUT2D eigenvalue weighted by Gasteiger charge is 2.37. The van der Waals surface area contributed by atoms with Gasteiger partial charge in [-0.15, -0.1) is 0 Å². The van der Waals surface area contributed by atoms with Gasteiger partial charge in [0.15, 0.2) is 0 Å². The van der Waals surface area contributed by atoms with Crippen LogP contribution in [-0.2, 0) is 16.1 Å². The molecule has 1 aliphatic heterocycles. The zero-order valence-electron chi connectivity index (χ0n) is 17.9. The number of hydrogen-bond donors (Lipinski definition) is 1. The first-order valence-corrected chi connectivity index (χ1v) is 10.2. The molecule has 1 aromatic carbocycles. The molecule has 0 aliphatic carbocycles. The number of benzene rings is 1. The molecule has 0 saturated carbocycles. The van der Waals surface area contributed by atoms with Crippen molar-refractivity contribution in [3.63, 3.8) is 0 Å². The van der Waals surface area contributed by atoms with Crippen LogP contribution in [0.1, 0.15) is 46.1 Å². The monoisotopic (exact) mass is 416 g/mol. The fourth-order valence-electron chi connectivity index (χ4n) is 3.66. The molecule has 30 heavy (non-hydrogen) atoms. The average molecular weight is 416 g/mol. The second-order valence-corrected chi connectivity index (χ2v) is 8.64. The van der Waals surface area contributed by atoms with Crippen LogP contribution < -0.4 is 5.32 Å². The quantitative estimate of drug-likeness (QED) is 0.825. The van der Waals surface area contributed by atoms with Gasteiger partial charge in [0, 0.05) is 31.5 Å². The van der Waals surface area contributed by atoms with Crippen LogP contribution in [0.2, 0.25) is 0 Å². The van der Waals surface area contributed by atoms with E-state index in [1.807, 2.05) is 27.7 Å². The van der Waals surface area contributed by atoms with Crippen molar-refractivity contribution in [1.82, 2.24) is 19.8 Å². The summed E-state index contributed by atoms with van der Waals surface area (Å²) in [4.78, 5) is 30.8. The summed E-state index contributed by atoms with van der Waals surface area (Å²) in [5.41, 5.74) is 0.479. The fraction of sp³-hybridized carbons (Fsp3) is 0.500. The molecule has 1 aromatic heterocycles. The predicted octanol–water partition coefficient (Wildman–Crippen LogP) is 3.66. The lowest BCUT2D eigenvalue weighted by Crippen LogP contribution is -2.52. The normalized spacial score (nSPS) is 19.4. The molecule has 0 radical (unpaired) electrons. The van der Waals surface area contributed by atoms with Gasteiger partial charge in [0.2, 0.25) is 5.91 Å². The lowest BCUT2D eigenvalue weighted by atomic mass is 9.89. The predicted molar refractivity (Wildman–Crippen MR) is 110 cm³/mol. The number of carbonyl (C=O) groups excluding carboxylic acids is 2. The summed E-state index contributed by atoms with van der Waals surface area (Å²) in [5.74, 6) is -0.863. The third kappa shape index (κ3) is 5.17. The van der Waals surface area contributed by atoms with Crippen molar-refractivity contribution in [2.75, 3.05) is 6.54 Å². The number of hydrogen-bond acceptors (Lipinski definition) is 4. The van der Waals surface area contributed by atoms with Gasteiger partial charge in [-0.05, 0) is 58.2 Å². The number of imidazole rings is 1. The summed E-state index contributed by atoms with van der Waals surface area (Å²) >= 11 is 0. The van der Waals surface area contributed by atoms with Gasteiger partial charge < -0.3 is 19.5 Å². The third-order valence-corrected chi connectivity index (χ3v) is 5.21. The summed E-state index contributed by atoms with van der Waals surface area (Å²) in [7, 11) is 0. The van der Waals surface area contributed by atoms with Crippen molar-refractivity contribution in [1.29, 1.82) is 0 Å². The summed E-state index contributed by atoms with van der Waals surface area (Å²) in [6, 6.07) is 4.57. The van der Waals surface area contributed by atoms with E-state index in [4.69, 9.17) is 4.74 Å². The lowest BCUT2D eigenvalue weighted by Gasteiger charge is -2.39. The van der Waals surface area contributed by atoms with E-state index in [0.29, 0.717) is 24.2 Å². The van der Waals surface area contributed by atoms with Crippen LogP contribution >= 0.6 is 0 Å². The van der Waals surface area contributed by atoms with Crippen molar-refractivity contribution >= 4 is 12.0 Å². The van der Waals surface area contributed by atoms with Gasteiger partial charge in [0.05, 0.1) is 17.9 Å². The lowest BCUT2D eigenvalue weighted by molar-refractivity contribution is -0.128. The maximum absolute atomic E-state index is 14.4. The highest BCUT2D eigenvalue weighted by atomic mass is 19.1. The van der Waals surface area contributed by atoms with E-state index < -0.39 is 11.7 Å². The summed E-state index contributed by atoms with van der Waals surface area (Å²) in [5, 5.41) is 2.88. The molecule has 7 nitrogen and oxygen atoms in total. The highest BCUT2D eigenvalue weighted by Crippen LogP contribution is 2.26. The van der Waals surface area contributed by atoms with Crippen molar-refractivity contribution in [3.8, 4) is 5.69 Å². The maximum Gasteiger partial charge on any atom is 0.410 e. The van der Waals surface area contributed by atoms with E-state index in [0.717, 1.165) is 6.42 Å². The van der Waals surface area contributed by atoms with E-state index in [2.05, 4.69) is 10.3 Å². The van der Waals surface area contributed by atoms with Crippen LogP contribution in [0.25, 0.3) is 5.69 Å². The minimum absolute atomic E-state index is 0.144. The zero-order valence-corrected chi connectivity index (χ0v) is 17.9. The van der Waals surface area contributed by atoms with Crippen LogP contribution in [0.15, 0.2) is 36.9 Å². The van der Waals surface area contributed by atoms with Crippen LogP contribution in [0.3, 0.4) is 0 Å². The second-order valence-electron chi connectivity index (χ2n) is 8.64. The Morgan fingerprint density at radius 3 is 2.73 bits per heavy atom. The number of ether oxygens (including phenoxy) is 1. The average Bonchev–Trinajstić information content (AvgIpc) is 3.19. The molecule has 1 aliphatic rings. The Balaban J connectivity index is 1.60. The Hall–Kier alpha value is -2.90. The second kappa shape index (κ2) is 8.85. The Kier molecular flexibility index (Phi) is 6.43. The molecule has 0 bridgehead atoms. The molecule has 1 saturated heterocycles. The number of aromatic nitrogens is 2. The molecule has 2 atom stereocenters. The fourth-order valence-corrected chi connectivity index (χ4v) is 3.66. The van der Waals surface area contributed by atoms with Gasteiger partial charge in [0.1, 0.15) is 11.4 Å². The standard InChI is InChI=1S/C22H29FN4O3/c1-15-17(6-5-10-27(15)21(29)30-22(2,3)4)20(28)25-13-16-7-8-19(18(23)12-16)26-11-9-24-14-26/h7-9,11-12,14-15,17H,5-6,10,13H2,1-4H3,(H,25,28)/t15-,17+/m1/s1. The number of nitrogens with one attached hydrogen (secondary N) is 1. The number of nitrogens with zero attached hydrogens (tertiary/aromatic N) is 3. The van der Waals surface area contributed by atoms with Gasteiger partial charge in [0.25, 0.3) is 0 Å². The number of likely N-dealkylation sites (tertiary alicyclic amines) is 1. The van der Waals surface area contributed by atoms with Gasteiger partial charge >= 0.3 is 6.09 Å². The van der Waals surface area contributed by atoms with Crippen molar-refractivity contribution < 1.29 is 18.7 Å². The zero-order chi connectivity index (χ0) is 21.9. The van der Waals surface area contributed by atoms with Gasteiger partial charge in [-0.1, -0.05) is 6.07 Å². The van der Waals surface area contributed by atoms with Crippen LogP contribution in [0, 0.1) is 11.7 Å². The van der Waals surface area contributed by atoms with Gasteiger partial charge in [-0.25, -0.2) is 14.2 Å². The van der Waals surface area contributed by atoms with Crippen molar-refractivity contribution in [2.24, 2.45) is 5.92 Å². The summed E-state index contributed by atoms with van der Waals surface area (Å²) in [6.07, 6.45) is 5.81. The number of amides is 2. The molecular weight excluding hydrogens is 387 g/mol. The van der Waals surface area contributed by atoms with Crippen LogP contribution in [0.5, 0.6) is 0 Å². The Morgan fingerprint density at radius 1 is 1.33 bits per heavy atom. The van der Waals surface area contributed by atoms with Crippen molar-refractivity contribution in [2.45, 2.75) is 58.7 Å². The van der Waals surface area contributed by atoms with E-state index in [-0.39, 0.29) is 30.2 Å². The molecule has 3 rings (SSSR count). The first-order chi connectivity index (χ1) is 14.2. The Morgan fingerprint density at radius 2 is 2.10 bits per heavy atom. The first kappa shape index (κ1) is 21.8. The molecule has 1 fully saturated rings. The Bertz CT molecular complexity index is 892. The molecule has 2 aromatic rings. The number of piperidine rings is 1. The molecule has 2 heterocycles. The Labute approximate surface area is 176 Å². The summed E-state index contributed by atoms with van der Waals surface area (Å²) in [6.45, 7) is 8.12. The van der Waals surface area contributed by atoms with E-state index in [1.165, 1.54) is 12.4 Å². The van der Waals surface area contributed by atoms with Gasteiger partial charge in [-0.2, -0.15) is 0 Å². The van der Waals surface area contributed by atoms with E-state index >= 15 is 0 Å². The maximum atomic E-state index is 14.4. The molecule has 8 heteroatoms. The minimum atomic E-state index is -0.584. The van der Waals surface area contributed by atoms with E-state index in [9.17, 15) is 14.0 Å². The number of halogens is 1. The highest BCUT2D eigenvalue weighted by molar-refractivity contribution is 5.80. The molecule has 162 valence electrons. The molecule has 1 N–H and O–H groups in total.